The molecule has 0 fully saturated rings. The molecule has 19 heavy (non-hydrogen) atoms. The van der Waals surface area contributed by atoms with Gasteiger partial charge < -0.3 is 5.73 Å². The number of hydrogen-bond donors (Lipinski definition) is 1. The summed E-state index contributed by atoms with van der Waals surface area (Å²) in [5.41, 5.74) is 9.94. The van der Waals surface area contributed by atoms with Crippen LogP contribution in [0.25, 0.3) is 22.3 Å². The maximum Gasteiger partial charge on any atom is 0.124 e. The predicted octanol–water partition coefficient (Wildman–Crippen LogP) is 3.33. The van der Waals surface area contributed by atoms with E-state index in [-0.39, 0.29) is 5.82 Å². The second kappa shape index (κ2) is 4.31. The smallest absolute Gasteiger partial charge is 0.124 e. The van der Waals surface area contributed by atoms with Crippen LogP contribution in [0, 0.1) is 12.7 Å². The summed E-state index contributed by atoms with van der Waals surface area (Å²) in [5, 5.41) is 0. The fourth-order valence-electron chi connectivity index (χ4n) is 2.08. The van der Waals surface area contributed by atoms with Gasteiger partial charge in [0.1, 0.15) is 11.6 Å². The van der Waals surface area contributed by atoms with Crippen LogP contribution in [-0.4, -0.2) is 9.97 Å². The number of benzene rings is 1. The van der Waals surface area contributed by atoms with Crippen molar-refractivity contribution in [3.05, 3.63) is 53.8 Å². The van der Waals surface area contributed by atoms with Crippen molar-refractivity contribution in [3.63, 3.8) is 0 Å². The summed E-state index contributed by atoms with van der Waals surface area (Å²) in [6.07, 6.45) is 0. The van der Waals surface area contributed by atoms with Gasteiger partial charge in [0.25, 0.3) is 0 Å². The van der Waals surface area contributed by atoms with Crippen LogP contribution in [0.4, 0.5) is 10.2 Å². The van der Waals surface area contributed by atoms with Gasteiger partial charge in [-0.3, -0.25) is 0 Å². The van der Waals surface area contributed by atoms with E-state index in [0.717, 1.165) is 27.9 Å². The van der Waals surface area contributed by atoms with Crippen LogP contribution >= 0.6 is 0 Å². The quantitative estimate of drug-likeness (QED) is 0.723. The zero-order valence-corrected chi connectivity index (χ0v) is 10.4. The molecule has 3 nitrogen and oxygen atoms in total. The highest BCUT2D eigenvalue weighted by molar-refractivity contribution is 5.82. The van der Waals surface area contributed by atoms with Crippen molar-refractivity contribution in [2.75, 3.05) is 5.73 Å². The number of halogens is 1. The summed E-state index contributed by atoms with van der Waals surface area (Å²) < 4.78 is 12.9. The molecule has 4 heteroatoms. The molecular formula is C15H12FN3. The fourth-order valence-corrected chi connectivity index (χ4v) is 2.08. The number of rotatable bonds is 1. The molecule has 0 bridgehead atoms. The molecule has 0 unspecified atom stereocenters. The third kappa shape index (κ3) is 2.12. The lowest BCUT2D eigenvalue weighted by Crippen LogP contribution is -1.95. The lowest BCUT2D eigenvalue weighted by Gasteiger charge is -2.06. The molecule has 2 heterocycles. The Morgan fingerprint density at radius 3 is 2.47 bits per heavy atom. The minimum Gasteiger partial charge on any atom is -0.384 e. The summed E-state index contributed by atoms with van der Waals surface area (Å²) in [5.74, 6) is 0.233. The Labute approximate surface area is 109 Å². The second-order valence-corrected chi connectivity index (χ2v) is 4.44. The van der Waals surface area contributed by atoms with Crippen molar-refractivity contribution < 1.29 is 4.39 Å². The number of aromatic nitrogens is 2. The maximum atomic E-state index is 12.9. The van der Waals surface area contributed by atoms with E-state index >= 15 is 0 Å². The van der Waals surface area contributed by atoms with E-state index in [1.54, 1.807) is 18.2 Å². The zero-order valence-electron chi connectivity index (χ0n) is 10.4. The lowest BCUT2D eigenvalue weighted by atomic mass is 10.1. The van der Waals surface area contributed by atoms with Gasteiger partial charge in [0.05, 0.1) is 16.7 Å². The van der Waals surface area contributed by atoms with E-state index in [1.807, 2.05) is 19.1 Å². The topological polar surface area (TPSA) is 51.8 Å². The van der Waals surface area contributed by atoms with Crippen LogP contribution in [-0.2, 0) is 0 Å². The standard InChI is InChI=1S/C15H12FN3/c1-9-8-14(17)18-13-7-6-12(19-15(9)13)10-2-4-11(16)5-3-10/h2-8H,1H3,(H2,17,18). The number of pyridine rings is 2. The van der Waals surface area contributed by atoms with Crippen LogP contribution in [0.15, 0.2) is 42.5 Å². The van der Waals surface area contributed by atoms with E-state index in [9.17, 15) is 4.39 Å². The Morgan fingerprint density at radius 2 is 1.74 bits per heavy atom. The molecule has 2 aromatic heterocycles. The normalized spacial score (nSPS) is 10.8. The summed E-state index contributed by atoms with van der Waals surface area (Å²) in [7, 11) is 0. The average molecular weight is 253 g/mol. The van der Waals surface area contributed by atoms with E-state index in [4.69, 9.17) is 5.73 Å². The number of nitrogens with zero attached hydrogens (tertiary/aromatic N) is 2. The van der Waals surface area contributed by atoms with Gasteiger partial charge in [0.2, 0.25) is 0 Å². The molecule has 0 amide bonds. The third-order valence-electron chi connectivity index (χ3n) is 3.00. The molecule has 94 valence electrons. The number of fused-ring (bicyclic) bond motifs is 1. The number of nitrogens with two attached hydrogens (primary N) is 1. The van der Waals surface area contributed by atoms with Crippen LogP contribution in [0.1, 0.15) is 5.56 Å². The maximum absolute atomic E-state index is 12.9. The van der Waals surface area contributed by atoms with Crippen LogP contribution in [0.2, 0.25) is 0 Å². The molecule has 0 spiro atoms. The summed E-state index contributed by atoms with van der Waals surface area (Å²) in [6, 6.07) is 11.8. The number of hydrogen-bond acceptors (Lipinski definition) is 3. The van der Waals surface area contributed by atoms with Gasteiger partial charge in [-0.1, -0.05) is 0 Å². The fraction of sp³-hybridized carbons (Fsp3) is 0.0667. The zero-order chi connectivity index (χ0) is 13.4. The molecule has 0 radical (unpaired) electrons. The van der Waals surface area contributed by atoms with Gasteiger partial charge in [0.15, 0.2) is 0 Å². The van der Waals surface area contributed by atoms with Crippen molar-refractivity contribution in [1.29, 1.82) is 0 Å². The first kappa shape index (κ1) is 11.6. The molecule has 0 saturated carbocycles. The van der Waals surface area contributed by atoms with E-state index in [0.29, 0.717) is 5.82 Å². The SMILES string of the molecule is Cc1cc(N)nc2ccc(-c3ccc(F)cc3)nc12. The first-order chi connectivity index (χ1) is 9.13. The van der Waals surface area contributed by atoms with E-state index in [2.05, 4.69) is 9.97 Å². The van der Waals surface area contributed by atoms with Crippen molar-refractivity contribution in [1.82, 2.24) is 9.97 Å². The molecular weight excluding hydrogens is 241 g/mol. The monoisotopic (exact) mass is 253 g/mol. The molecule has 2 N–H and O–H groups in total. The predicted molar refractivity (Wildman–Crippen MR) is 74.1 cm³/mol. The number of aryl methyl sites for hydroxylation is 1. The minimum absolute atomic E-state index is 0.254. The Bertz CT molecular complexity index is 751. The van der Waals surface area contributed by atoms with Crippen molar-refractivity contribution >= 4 is 16.9 Å². The van der Waals surface area contributed by atoms with Gasteiger partial charge in [-0.15, -0.1) is 0 Å². The highest BCUT2D eigenvalue weighted by Gasteiger charge is 2.05. The van der Waals surface area contributed by atoms with Gasteiger partial charge in [0, 0.05) is 5.56 Å². The Balaban J connectivity index is 2.19. The minimum atomic E-state index is -0.254. The molecule has 0 atom stereocenters. The van der Waals surface area contributed by atoms with Crippen molar-refractivity contribution in [2.24, 2.45) is 0 Å². The highest BCUT2D eigenvalue weighted by Crippen LogP contribution is 2.23. The molecule has 3 rings (SSSR count). The molecule has 0 aliphatic heterocycles. The first-order valence-corrected chi connectivity index (χ1v) is 5.93. The summed E-state index contributed by atoms with van der Waals surface area (Å²) in [4.78, 5) is 8.82. The van der Waals surface area contributed by atoms with E-state index < -0.39 is 0 Å². The summed E-state index contributed by atoms with van der Waals surface area (Å²) in [6.45, 7) is 1.95. The van der Waals surface area contributed by atoms with Gasteiger partial charge in [-0.05, 0) is 55.0 Å². The summed E-state index contributed by atoms with van der Waals surface area (Å²) >= 11 is 0. The molecule has 0 aliphatic carbocycles. The first-order valence-electron chi connectivity index (χ1n) is 5.93. The Kier molecular flexibility index (Phi) is 2.63. The van der Waals surface area contributed by atoms with Crippen molar-refractivity contribution in [2.45, 2.75) is 6.92 Å². The molecule has 0 saturated heterocycles. The second-order valence-electron chi connectivity index (χ2n) is 4.44. The largest absolute Gasteiger partial charge is 0.384 e. The molecule has 1 aromatic carbocycles. The van der Waals surface area contributed by atoms with Crippen LogP contribution in [0.3, 0.4) is 0 Å². The van der Waals surface area contributed by atoms with Crippen LogP contribution in [0.5, 0.6) is 0 Å². The Morgan fingerprint density at radius 1 is 1.00 bits per heavy atom. The Hall–Kier alpha value is -2.49. The third-order valence-corrected chi connectivity index (χ3v) is 3.00. The average Bonchev–Trinajstić information content (AvgIpc) is 2.39. The van der Waals surface area contributed by atoms with E-state index in [1.165, 1.54) is 12.1 Å². The van der Waals surface area contributed by atoms with Gasteiger partial charge in [-0.2, -0.15) is 0 Å². The van der Waals surface area contributed by atoms with Crippen molar-refractivity contribution in [3.8, 4) is 11.3 Å². The van der Waals surface area contributed by atoms with Crippen LogP contribution < -0.4 is 5.73 Å². The molecule has 0 aliphatic rings. The highest BCUT2D eigenvalue weighted by atomic mass is 19.1. The number of nitrogen functional groups attached to an aromatic ring is 1. The lowest BCUT2D eigenvalue weighted by molar-refractivity contribution is 0.628. The van der Waals surface area contributed by atoms with Gasteiger partial charge in [-0.25, -0.2) is 14.4 Å². The molecule has 3 aromatic rings. The number of anilines is 1. The van der Waals surface area contributed by atoms with Gasteiger partial charge >= 0.3 is 0 Å².